The van der Waals surface area contributed by atoms with Crippen LogP contribution in [0.5, 0.6) is 0 Å². The summed E-state index contributed by atoms with van der Waals surface area (Å²) in [6.45, 7) is 2.51. The standard InChI is InChI=1S/C10H20O4S/c1-9(8-14-2)7-10(11)5-4-6-15(3,12)13/h9H,4-8H2,1-3H3. The summed E-state index contributed by atoms with van der Waals surface area (Å²) in [6, 6.07) is 0. The summed E-state index contributed by atoms with van der Waals surface area (Å²) in [5.41, 5.74) is 0. The molecule has 15 heavy (non-hydrogen) atoms. The molecule has 0 amide bonds. The topological polar surface area (TPSA) is 60.4 Å². The molecule has 90 valence electrons. The monoisotopic (exact) mass is 236 g/mol. The predicted octanol–water partition coefficient (Wildman–Crippen LogP) is 1.05. The zero-order chi connectivity index (χ0) is 11.9. The maximum Gasteiger partial charge on any atom is 0.147 e. The summed E-state index contributed by atoms with van der Waals surface area (Å²) in [5.74, 6) is 0.418. The fourth-order valence-corrected chi connectivity index (χ4v) is 2.03. The molecule has 1 unspecified atom stereocenters. The zero-order valence-corrected chi connectivity index (χ0v) is 10.5. The van der Waals surface area contributed by atoms with Gasteiger partial charge in [-0.2, -0.15) is 0 Å². The van der Waals surface area contributed by atoms with Crippen LogP contribution in [-0.2, 0) is 19.4 Å². The number of hydrogen-bond acceptors (Lipinski definition) is 4. The maximum absolute atomic E-state index is 11.4. The minimum Gasteiger partial charge on any atom is -0.384 e. The Bertz CT molecular complexity index is 282. The van der Waals surface area contributed by atoms with Crippen LogP contribution in [0.3, 0.4) is 0 Å². The quantitative estimate of drug-likeness (QED) is 0.632. The first-order chi connectivity index (χ1) is 6.85. The third-order valence-corrected chi connectivity index (χ3v) is 3.03. The van der Waals surface area contributed by atoms with E-state index in [1.165, 1.54) is 6.26 Å². The number of ether oxygens (including phenoxy) is 1. The van der Waals surface area contributed by atoms with Crippen LogP contribution in [0.1, 0.15) is 26.2 Å². The van der Waals surface area contributed by atoms with Crippen molar-refractivity contribution in [3.63, 3.8) is 0 Å². The second kappa shape index (κ2) is 6.95. The van der Waals surface area contributed by atoms with Gasteiger partial charge in [-0.3, -0.25) is 4.79 Å². The van der Waals surface area contributed by atoms with Crippen LogP contribution in [0.2, 0.25) is 0 Å². The number of Topliss-reactive ketones (excluding diaryl/α,β-unsaturated/α-hetero) is 1. The van der Waals surface area contributed by atoms with E-state index in [9.17, 15) is 13.2 Å². The van der Waals surface area contributed by atoms with Gasteiger partial charge in [0, 0.05) is 32.8 Å². The summed E-state index contributed by atoms with van der Waals surface area (Å²) in [6.07, 6.45) is 2.43. The molecule has 0 saturated carbocycles. The highest BCUT2D eigenvalue weighted by Gasteiger charge is 2.10. The van der Waals surface area contributed by atoms with Crippen LogP contribution in [0.15, 0.2) is 0 Å². The number of hydrogen-bond donors (Lipinski definition) is 0. The van der Waals surface area contributed by atoms with E-state index in [1.54, 1.807) is 7.11 Å². The van der Waals surface area contributed by atoms with E-state index in [2.05, 4.69) is 0 Å². The molecule has 4 nitrogen and oxygen atoms in total. The van der Waals surface area contributed by atoms with Crippen molar-refractivity contribution < 1.29 is 17.9 Å². The third kappa shape index (κ3) is 9.87. The summed E-state index contributed by atoms with van der Waals surface area (Å²) in [7, 11) is -1.33. The number of methoxy groups -OCH3 is 1. The van der Waals surface area contributed by atoms with Crippen molar-refractivity contribution in [1.82, 2.24) is 0 Å². The summed E-state index contributed by atoms with van der Waals surface area (Å²) < 4.78 is 26.5. The average Bonchev–Trinajstić information content (AvgIpc) is 2.01. The molecular weight excluding hydrogens is 216 g/mol. The molecule has 0 rings (SSSR count). The van der Waals surface area contributed by atoms with Crippen molar-refractivity contribution >= 4 is 15.6 Å². The molecule has 1 atom stereocenters. The molecule has 0 aliphatic heterocycles. The second-order valence-corrected chi connectivity index (χ2v) is 6.30. The Balaban J connectivity index is 3.67. The Labute approximate surface area is 91.9 Å². The number of rotatable bonds is 8. The van der Waals surface area contributed by atoms with Gasteiger partial charge in [-0.05, 0) is 12.3 Å². The molecular formula is C10H20O4S. The molecule has 0 aromatic rings. The number of ketones is 1. The number of sulfone groups is 1. The third-order valence-electron chi connectivity index (χ3n) is 2.00. The average molecular weight is 236 g/mol. The smallest absolute Gasteiger partial charge is 0.147 e. The Morgan fingerprint density at radius 1 is 1.40 bits per heavy atom. The van der Waals surface area contributed by atoms with Gasteiger partial charge in [0.1, 0.15) is 15.6 Å². The highest BCUT2D eigenvalue weighted by atomic mass is 32.2. The Hall–Kier alpha value is -0.420. The van der Waals surface area contributed by atoms with Crippen molar-refractivity contribution in [1.29, 1.82) is 0 Å². The van der Waals surface area contributed by atoms with E-state index < -0.39 is 9.84 Å². The van der Waals surface area contributed by atoms with E-state index in [0.29, 0.717) is 25.9 Å². The van der Waals surface area contributed by atoms with Crippen LogP contribution in [0.25, 0.3) is 0 Å². The molecule has 0 fully saturated rings. The fraction of sp³-hybridized carbons (Fsp3) is 0.900. The first-order valence-corrected chi connectivity index (χ1v) is 7.09. The van der Waals surface area contributed by atoms with E-state index in [1.807, 2.05) is 6.92 Å². The van der Waals surface area contributed by atoms with Gasteiger partial charge in [0.25, 0.3) is 0 Å². The Morgan fingerprint density at radius 2 is 2.00 bits per heavy atom. The van der Waals surface area contributed by atoms with Crippen molar-refractivity contribution in [2.45, 2.75) is 26.2 Å². The molecule has 0 aromatic carbocycles. The molecule has 0 spiro atoms. The van der Waals surface area contributed by atoms with E-state index >= 15 is 0 Å². The largest absolute Gasteiger partial charge is 0.384 e. The van der Waals surface area contributed by atoms with Crippen molar-refractivity contribution in [3.8, 4) is 0 Å². The maximum atomic E-state index is 11.4. The molecule has 0 N–H and O–H groups in total. The van der Waals surface area contributed by atoms with E-state index in [-0.39, 0.29) is 17.5 Å². The van der Waals surface area contributed by atoms with Crippen LogP contribution < -0.4 is 0 Å². The van der Waals surface area contributed by atoms with Gasteiger partial charge < -0.3 is 4.74 Å². The van der Waals surface area contributed by atoms with Crippen LogP contribution in [0, 0.1) is 5.92 Å². The van der Waals surface area contributed by atoms with Crippen molar-refractivity contribution in [3.05, 3.63) is 0 Å². The minimum atomic E-state index is -2.94. The molecule has 5 heteroatoms. The number of carbonyl (C=O) groups is 1. The van der Waals surface area contributed by atoms with Gasteiger partial charge in [0.2, 0.25) is 0 Å². The lowest BCUT2D eigenvalue weighted by atomic mass is 10.0. The molecule has 0 radical (unpaired) electrons. The van der Waals surface area contributed by atoms with Gasteiger partial charge in [-0.25, -0.2) is 8.42 Å². The molecule has 0 bridgehead atoms. The second-order valence-electron chi connectivity index (χ2n) is 4.04. The van der Waals surface area contributed by atoms with Crippen LogP contribution >= 0.6 is 0 Å². The molecule has 0 aliphatic carbocycles. The Kier molecular flexibility index (Phi) is 6.76. The molecule has 0 aliphatic rings. The lowest BCUT2D eigenvalue weighted by Gasteiger charge is -2.08. The minimum absolute atomic E-state index is 0.0946. The zero-order valence-electron chi connectivity index (χ0n) is 9.65. The van der Waals surface area contributed by atoms with Gasteiger partial charge in [-0.1, -0.05) is 6.92 Å². The molecule has 0 saturated heterocycles. The van der Waals surface area contributed by atoms with E-state index in [0.717, 1.165) is 0 Å². The van der Waals surface area contributed by atoms with Gasteiger partial charge in [0.15, 0.2) is 0 Å². The summed E-state index contributed by atoms with van der Waals surface area (Å²) in [5, 5.41) is 0. The summed E-state index contributed by atoms with van der Waals surface area (Å²) >= 11 is 0. The van der Waals surface area contributed by atoms with Crippen LogP contribution in [0.4, 0.5) is 0 Å². The Morgan fingerprint density at radius 3 is 2.47 bits per heavy atom. The van der Waals surface area contributed by atoms with Gasteiger partial charge >= 0.3 is 0 Å². The fourth-order valence-electron chi connectivity index (χ4n) is 1.37. The predicted molar refractivity (Wildman–Crippen MR) is 59.6 cm³/mol. The van der Waals surface area contributed by atoms with Crippen molar-refractivity contribution in [2.75, 3.05) is 25.7 Å². The lowest BCUT2D eigenvalue weighted by molar-refractivity contribution is -0.120. The van der Waals surface area contributed by atoms with Crippen molar-refractivity contribution in [2.24, 2.45) is 5.92 Å². The first kappa shape index (κ1) is 14.6. The molecule has 0 heterocycles. The molecule has 0 aromatic heterocycles. The highest BCUT2D eigenvalue weighted by molar-refractivity contribution is 7.90. The van der Waals surface area contributed by atoms with Gasteiger partial charge in [0.05, 0.1) is 5.75 Å². The lowest BCUT2D eigenvalue weighted by Crippen LogP contribution is -2.12. The number of carbonyl (C=O) groups excluding carboxylic acids is 1. The van der Waals surface area contributed by atoms with E-state index in [4.69, 9.17) is 4.74 Å². The van der Waals surface area contributed by atoms with Crippen LogP contribution in [-0.4, -0.2) is 39.9 Å². The van der Waals surface area contributed by atoms with Gasteiger partial charge in [-0.15, -0.1) is 0 Å². The summed E-state index contributed by atoms with van der Waals surface area (Å²) in [4.78, 5) is 11.4. The SMILES string of the molecule is COCC(C)CC(=O)CCCS(C)(=O)=O. The first-order valence-electron chi connectivity index (χ1n) is 5.03. The normalized spacial score (nSPS) is 13.8. The highest BCUT2D eigenvalue weighted by Crippen LogP contribution is 2.06.